The average molecular weight is 276 g/mol. The molecule has 1 rings (SSSR count). The fourth-order valence-electron chi connectivity index (χ4n) is 1.49. The Balaban J connectivity index is 2.89. The zero-order valence-electron chi connectivity index (χ0n) is 12.3. The first-order chi connectivity index (χ1) is 9.45. The second-order valence-corrected chi connectivity index (χ2v) is 4.60. The fourth-order valence-corrected chi connectivity index (χ4v) is 1.49. The van der Waals surface area contributed by atoms with E-state index in [1.54, 1.807) is 6.92 Å². The van der Waals surface area contributed by atoms with Crippen molar-refractivity contribution in [2.24, 2.45) is 10.2 Å². The van der Waals surface area contributed by atoms with Gasteiger partial charge in [-0.15, -0.1) is 5.11 Å². The smallest absolute Gasteiger partial charge is 0.362 e. The number of azo groups is 1. The number of nitrogens with zero attached hydrogens (tertiary/aromatic N) is 2. The lowest BCUT2D eigenvalue weighted by molar-refractivity contribution is -0.138. The van der Waals surface area contributed by atoms with Gasteiger partial charge in [-0.1, -0.05) is 26.0 Å². The molecule has 1 aromatic carbocycles. The monoisotopic (exact) mass is 276 g/mol. The van der Waals surface area contributed by atoms with Crippen molar-refractivity contribution in [3.05, 3.63) is 41.3 Å². The topological polar surface area (TPSA) is 71.2 Å². The van der Waals surface area contributed by atoms with Crippen LogP contribution in [-0.2, 0) is 9.53 Å². The molecule has 0 saturated heterocycles. The summed E-state index contributed by atoms with van der Waals surface area (Å²) >= 11 is 0. The molecule has 0 saturated carbocycles. The van der Waals surface area contributed by atoms with Crippen LogP contribution >= 0.6 is 0 Å². The molecular formula is C15H20N2O3. The predicted molar refractivity (Wildman–Crippen MR) is 77.0 cm³/mol. The lowest BCUT2D eigenvalue weighted by Gasteiger charge is -2.04. The molecule has 0 unspecified atom stereocenters. The molecule has 108 valence electrons. The Morgan fingerprint density at radius 1 is 1.30 bits per heavy atom. The summed E-state index contributed by atoms with van der Waals surface area (Å²) in [5.41, 5.74) is 1.63. The van der Waals surface area contributed by atoms with Gasteiger partial charge in [-0.3, -0.25) is 0 Å². The molecule has 0 heterocycles. The minimum absolute atomic E-state index is 0.181. The maximum absolute atomic E-state index is 11.6. The molecule has 0 aromatic heterocycles. The third-order valence-electron chi connectivity index (χ3n) is 2.64. The standard InChI is InChI=1S/C15H20N2O3/c1-5-20-15(19)14(11(4)18)17-16-13-8-6-12(7-9-13)10(2)3/h6-10,18H,5H2,1-4H3. The minimum atomic E-state index is -0.685. The van der Waals surface area contributed by atoms with Crippen molar-refractivity contribution in [3.8, 4) is 0 Å². The molecule has 20 heavy (non-hydrogen) atoms. The highest BCUT2D eigenvalue weighted by molar-refractivity contribution is 5.88. The number of hydrogen-bond donors (Lipinski definition) is 1. The number of carbonyl (C=O) groups is 1. The highest BCUT2D eigenvalue weighted by Crippen LogP contribution is 2.20. The van der Waals surface area contributed by atoms with Crippen LogP contribution in [0.3, 0.4) is 0 Å². The van der Waals surface area contributed by atoms with Gasteiger partial charge in [0.25, 0.3) is 0 Å². The minimum Gasteiger partial charge on any atom is -0.510 e. The van der Waals surface area contributed by atoms with Crippen LogP contribution in [0.25, 0.3) is 0 Å². The van der Waals surface area contributed by atoms with Gasteiger partial charge < -0.3 is 9.84 Å². The van der Waals surface area contributed by atoms with E-state index < -0.39 is 5.97 Å². The van der Waals surface area contributed by atoms with Crippen LogP contribution in [0.1, 0.15) is 39.2 Å². The van der Waals surface area contributed by atoms with Crippen molar-refractivity contribution in [2.75, 3.05) is 6.61 Å². The van der Waals surface area contributed by atoms with Crippen LogP contribution in [0, 0.1) is 0 Å². The Labute approximate surface area is 119 Å². The molecule has 0 atom stereocenters. The van der Waals surface area contributed by atoms with E-state index in [2.05, 4.69) is 24.1 Å². The van der Waals surface area contributed by atoms with E-state index in [-0.39, 0.29) is 18.1 Å². The number of esters is 1. The number of allylic oxidation sites excluding steroid dienone is 1. The van der Waals surface area contributed by atoms with E-state index >= 15 is 0 Å². The molecule has 5 nitrogen and oxygen atoms in total. The summed E-state index contributed by atoms with van der Waals surface area (Å²) in [4.78, 5) is 11.6. The highest BCUT2D eigenvalue weighted by Gasteiger charge is 2.13. The summed E-state index contributed by atoms with van der Waals surface area (Å²) in [6, 6.07) is 7.54. The predicted octanol–water partition coefficient (Wildman–Crippen LogP) is 4.25. The molecule has 0 aliphatic rings. The van der Waals surface area contributed by atoms with Crippen molar-refractivity contribution in [1.82, 2.24) is 0 Å². The number of hydrogen-bond acceptors (Lipinski definition) is 5. The lowest BCUT2D eigenvalue weighted by Crippen LogP contribution is -2.07. The van der Waals surface area contributed by atoms with Gasteiger partial charge in [0.2, 0.25) is 5.70 Å². The Bertz CT molecular complexity index is 512. The number of aliphatic hydroxyl groups excluding tert-OH is 1. The summed E-state index contributed by atoms with van der Waals surface area (Å²) < 4.78 is 4.79. The number of ether oxygens (including phenoxy) is 1. The van der Waals surface area contributed by atoms with Crippen LogP contribution in [0.15, 0.2) is 46.0 Å². The van der Waals surface area contributed by atoms with Gasteiger partial charge in [0, 0.05) is 0 Å². The summed E-state index contributed by atoms with van der Waals surface area (Å²) in [5.74, 6) is -0.461. The van der Waals surface area contributed by atoms with Gasteiger partial charge in [-0.2, -0.15) is 5.11 Å². The third-order valence-corrected chi connectivity index (χ3v) is 2.64. The van der Waals surface area contributed by atoms with Gasteiger partial charge in [0.1, 0.15) is 5.76 Å². The maximum Gasteiger partial charge on any atom is 0.362 e. The molecule has 0 aliphatic carbocycles. The van der Waals surface area contributed by atoms with Crippen molar-refractivity contribution >= 4 is 11.7 Å². The van der Waals surface area contributed by atoms with Crippen molar-refractivity contribution < 1.29 is 14.6 Å². The maximum atomic E-state index is 11.6. The summed E-state index contributed by atoms with van der Waals surface area (Å²) in [6.45, 7) is 7.48. The van der Waals surface area contributed by atoms with Gasteiger partial charge in [0.05, 0.1) is 12.3 Å². The zero-order valence-corrected chi connectivity index (χ0v) is 12.3. The number of aliphatic hydroxyl groups is 1. The molecule has 1 aromatic rings. The number of rotatable bonds is 5. The van der Waals surface area contributed by atoms with E-state index in [4.69, 9.17) is 4.74 Å². The quantitative estimate of drug-likeness (QED) is 0.378. The molecule has 0 aliphatic heterocycles. The van der Waals surface area contributed by atoms with Gasteiger partial charge in [0.15, 0.2) is 0 Å². The first-order valence-electron chi connectivity index (χ1n) is 6.54. The molecular weight excluding hydrogens is 256 g/mol. The molecule has 1 N–H and O–H groups in total. The van der Waals surface area contributed by atoms with Crippen molar-refractivity contribution in [1.29, 1.82) is 0 Å². The van der Waals surface area contributed by atoms with Gasteiger partial charge in [-0.25, -0.2) is 4.79 Å². The van der Waals surface area contributed by atoms with Crippen molar-refractivity contribution in [3.63, 3.8) is 0 Å². The van der Waals surface area contributed by atoms with Crippen LogP contribution < -0.4 is 0 Å². The zero-order chi connectivity index (χ0) is 15.1. The number of benzene rings is 1. The van der Waals surface area contributed by atoms with Crippen LogP contribution in [0.4, 0.5) is 5.69 Å². The van der Waals surface area contributed by atoms with E-state index in [9.17, 15) is 9.90 Å². The first kappa shape index (κ1) is 15.9. The molecule has 0 spiro atoms. The van der Waals surface area contributed by atoms with E-state index in [1.807, 2.05) is 24.3 Å². The molecule has 0 bridgehead atoms. The highest BCUT2D eigenvalue weighted by atomic mass is 16.5. The van der Waals surface area contributed by atoms with E-state index in [0.717, 1.165) is 0 Å². The van der Waals surface area contributed by atoms with Crippen LogP contribution in [0.2, 0.25) is 0 Å². The number of carbonyl (C=O) groups excluding carboxylic acids is 1. The third kappa shape index (κ3) is 4.50. The Hall–Kier alpha value is -2.17. The van der Waals surface area contributed by atoms with E-state index in [1.165, 1.54) is 12.5 Å². The van der Waals surface area contributed by atoms with Crippen molar-refractivity contribution in [2.45, 2.75) is 33.6 Å². The molecule has 0 fully saturated rings. The van der Waals surface area contributed by atoms with Crippen LogP contribution in [0.5, 0.6) is 0 Å². The summed E-state index contributed by atoms with van der Waals surface area (Å²) in [5, 5.41) is 17.1. The Morgan fingerprint density at radius 2 is 1.90 bits per heavy atom. The lowest BCUT2D eigenvalue weighted by atomic mass is 10.0. The fraction of sp³-hybridized carbons (Fsp3) is 0.400. The SMILES string of the molecule is CCOC(=O)C(N=Nc1ccc(C(C)C)cc1)=C(C)O. The Morgan fingerprint density at radius 3 is 2.35 bits per heavy atom. The van der Waals surface area contributed by atoms with Gasteiger partial charge >= 0.3 is 5.97 Å². The average Bonchev–Trinajstić information content (AvgIpc) is 2.39. The second-order valence-electron chi connectivity index (χ2n) is 4.60. The first-order valence-corrected chi connectivity index (χ1v) is 6.54. The van der Waals surface area contributed by atoms with Gasteiger partial charge in [-0.05, 0) is 37.5 Å². The molecule has 5 heteroatoms. The second kappa shape index (κ2) is 7.43. The van der Waals surface area contributed by atoms with E-state index in [0.29, 0.717) is 11.6 Å². The van der Waals surface area contributed by atoms with Crippen LogP contribution in [-0.4, -0.2) is 17.7 Å². The summed E-state index contributed by atoms with van der Waals surface area (Å²) in [6.07, 6.45) is 0. The largest absolute Gasteiger partial charge is 0.510 e. The Kier molecular flexibility index (Phi) is 5.90. The molecule has 0 radical (unpaired) electrons. The molecule has 0 amide bonds. The normalized spacial score (nSPS) is 12.7. The summed E-state index contributed by atoms with van der Waals surface area (Å²) in [7, 11) is 0.